The van der Waals surface area contributed by atoms with Crippen molar-refractivity contribution in [1.29, 1.82) is 0 Å². The van der Waals surface area contributed by atoms with Crippen molar-refractivity contribution in [3.05, 3.63) is 36.0 Å². The minimum Gasteiger partial charge on any atom is -0.339 e. The van der Waals surface area contributed by atoms with Gasteiger partial charge in [0.05, 0.1) is 5.56 Å². The highest BCUT2D eigenvalue weighted by atomic mass is 35.5. The van der Waals surface area contributed by atoms with Crippen LogP contribution in [0.25, 0.3) is 11.4 Å². The van der Waals surface area contributed by atoms with Crippen molar-refractivity contribution in [3.63, 3.8) is 0 Å². The molecule has 108 valence electrons. The minimum absolute atomic E-state index is 0. The van der Waals surface area contributed by atoms with Gasteiger partial charge in [0.2, 0.25) is 11.7 Å². The average Bonchev–Trinajstić information content (AvgIpc) is 2.89. The largest absolute Gasteiger partial charge is 0.339 e. The van der Waals surface area contributed by atoms with Crippen LogP contribution in [-0.4, -0.2) is 16.2 Å². The fraction of sp³-hybridized carbons (Fsp3) is 0.429. The van der Waals surface area contributed by atoms with E-state index < -0.39 is 0 Å². The molecule has 0 amide bonds. The van der Waals surface area contributed by atoms with Gasteiger partial charge in [-0.15, -0.1) is 12.4 Å². The highest BCUT2D eigenvalue weighted by Crippen LogP contribution is 2.32. The highest BCUT2D eigenvalue weighted by molar-refractivity contribution is 5.85. The standard InChI is InChI=1S/C14H16FN3O.ClH/c15-12-7-2-1-6-11(12)13-17-14(19-18-13)9-4-3-5-10(16)8-9;/h1-2,6-7,9-10H,3-5,8,16H2;1H. The first-order valence-electron chi connectivity index (χ1n) is 6.58. The molecule has 0 aliphatic heterocycles. The van der Waals surface area contributed by atoms with Crippen LogP contribution in [0.5, 0.6) is 0 Å². The van der Waals surface area contributed by atoms with Gasteiger partial charge in [-0.1, -0.05) is 23.7 Å². The van der Waals surface area contributed by atoms with Gasteiger partial charge in [-0.05, 0) is 31.4 Å². The van der Waals surface area contributed by atoms with E-state index in [4.69, 9.17) is 10.3 Å². The van der Waals surface area contributed by atoms with Crippen molar-refractivity contribution in [1.82, 2.24) is 10.1 Å². The zero-order valence-corrected chi connectivity index (χ0v) is 11.8. The molecule has 1 saturated carbocycles. The summed E-state index contributed by atoms with van der Waals surface area (Å²) >= 11 is 0. The molecule has 20 heavy (non-hydrogen) atoms. The Morgan fingerprint density at radius 1 is 1.25 bits per heavy atom. The Hall–Kier alpha value is -1.46. The smallest absolute Gasteiger partial charge is 0.230 e. The van der Waals surface area contributed by atoms with Crippen LogP contribution in [0.4, 0.5) is 4.39 Å². The third kappa shape index (κ3) is 2.99. The maximum absolute atomic E-state index is 13.6. The number of rotatable bonds is 2. The average molecular weight is 298 g/mol. The maximum Gasteiger partial charge on any atom is 0.230 e. The lowest BCUT2D eigenvalue weighted by atomic mass is 9.86. The molecule has 0 spiro atoms. The van der Waals surface area contributed by atoms with Crippen LogP contribution in [0.15, 0.2) is 28.8 Å². The molecule has 2 aromatic rings. The first kappa shape index (κ1) is 14.9. The number of aromatic nitrogens is 2. The molecule has 1 heterocycles. The molecule has 2 unspecified atom stereocenters. The summed E-state index contributed by atoms with van der Waals surface area (Å²) in [5.74, 6) is 0.757. The van der Waals surface area contributed by atoms with Gasteiger partial charge >= 0.3 is 0 Å². The Bertz CT molecular complexity index is 575. The molecular formula is C14H17ClFN3O. The Morgan fingerprint density at radius 2 is 2.05 bits per heavy atom. The van der Waals surface area contributed by atoms with Gasteiger partial charge in [-0.3, -0.25) is 0 Å². The van der Waals surface area contributed by atoms with Crippen LogP contribution in [-0.2, 0) is 0 Å². The Kier molecular flexibility index (Phi) is 4.73. The van der Waals surface area contributed by atoms with E-state index in [1.807, 2.05) is 0 Å². The second-order valence-corrected chi connectivity index (χ2v) is 5.06. The van der Waals surface area contributed by atoms with Crippen LogP contribution >= 0.6 is 12.4 Å². The summed E-state index contributed by atoms with van der Waals surface area (Å²) in [6, 6.07) is 6.63. The molecule has 3 rings (SSSR count). The summed E-state index contributed by atoms with van der Waals surface area (Å²) in [6.45, 7) is 0. The zero-order chi connectivity index (χ0) is 13.2. The topological polar surface area (TPSA) is 64.9 Å². The van der Waals surface area contributed by atoms with Gasteiger partial charge in [-0.2, -0.15) is 4.98 Å². The summed E-state index contributed by atoms with van der Waals surface area (Å²) in [5, 5.41) is 3.88. The molecule has 0 bridgehead atoms. The first-order chi connectivity index (χ1) is 9.24. The van der Waals surface area contributed by atoms with Gasteiger partial charge in [-0.25, -0.2) is 4.39 Å². The number of nitrogens with two attached hydrogens (primary N) is 1. The van der Waals surface area contributed by atoms with Crippen molar-refractivity contribution in [2.24, 2.45) is 5.73 Å². The fourth-order valence-electron chi connectivity index (χ4n) is 2.60. The third-order valence-corrected chi connectivity index (χ3v) is 3.62. The number of hydrogen-bond acceptors (Lipinski definition) is 4. The molecule has 6 heteroatoms. The molecule has 0 saturated heterocycles. The molecule has 1 fully saturated rings. The van der Waals surface area contributed by atoms with Gasteiger partial charge in [0.1, 0.15) is 5.82 Å². The molecule has 1 aromatic carbocycles. The van der Waals surface area contributed by atoms with E-state index in [0.29, 0.717) is 17.3 Å². The van der Waals surface area contributed by atoms with Crippen molar-refractivity contribution in [2.45, 2.75) is 37.6 Å². The van der Waals surface area contributed by atoms with E-state index in [9.17, 15) is 4.39 Å². The molecule has 1 aliphatic rings. The SMILES string of the molecule is Cl.NC1CCCC(c2nc(-c3ccccc3F)no2)C1. The number of halogens is 2. The van der Waals surface area contributed by atoms with Gasteiger partial charge < -0.3 is 10.3 Å². The quantitative estimate of drug-likeness (QED) is 0.924. The third-order valence-electron chi connectivity index (χ3n) is 3.62. The Morgan fingerprint density at radius 3 is 2.80 bits per heavy atom. The second-order valence-electron chi connectivity index (χ2n) is 5.06. The zero-order valence-electron chi connectivity index (χ0n) is 11.0. The van der Waals surface area contributed by atoms with E-state index in [-0.39, 0.29) is 30.2 Å². The second kappa shape index (κ2) is 6.33. The van der Waals surface area contributed by atoms with Crippen molar-refractivity contribution < 1.29 is 8.91 Å². The lowest BCUT2D eigenvalue weighted by molar-refractivity contribution is 0.299. The van der Waals surface area contributed by atoms with Crippen LogP contribution in [0.3, 0.4) is 0 Å². The van der Waals surface area contributed by atoms with E-state index >= 15 is 0 Å². The highest BCUT2D eigenvalue weighted by Gasteiger charge is 2.26. The molecule has 2 atom stereocenters. The summed E-state index contributed by atoms with van der Waals surface area (Å²) in [4.78, 5) is 4.33. The predicted octanol–water partition coefficient (Wildman–Crippen LogP) is 3.28. The van der Waals surface area contributed by atoms with Crippen LogP contribution in [0, 0.1) is 5.82 Å². The normalized spacial score (nSPS) is 22.3. The number of hydrogen-bond donors (Lipinski definition) is 1. The summed E-state index contributed by atoms with van der Waals surface area (Å²) in [6.07, 6.45) is 3.99. The van der Waals surface area contributed by atoms with E-state index in [1.54, 1.807) is 18.2 Å². The molecule has 1 aromatic heterocycles. The summed E-state index contributed by atoms with van der Waals surface area (Å²) in [7, 11) is 0. The first-order valence-corrected chi connectivity index (χ1v) is 6.58. The molecule has 2 N–H and O–H groups in total. The Balaban J connectivity index is 0.00000147. The molecule has 1 aliphatic carbocycles. The fourth-order valence-corrected chi connectivity index (χ4v) is 2.60. The molecule has 4 nitrogen and oxygen atoms in total. The molecular weight excluding hydrogens is 281 g/mol. The summed E-state index contributed by atoms with van der Waals surface area (Å²) in [5.41, 5.74) is 6.33. The number of benzene rings is 1. The van der Waals surface area contributed by atoms with Gasteiger partial charge in [0.15, 0.2) is 0 Å². The lowest BCUT2D eigenvalue weighted by Gasteiger charge is -2.23. The van der Waals surface area contributed by atoms with Gasteiger partial charge in [0.25, 0.3) is 0 Å². The summed E-state index contributed by atoms with van der Waals surface area (Å²) < 4.78 is 18.9. The van der Waals surface area contributed by atoms with Gasteiger partial charge in [0, 0.05) is 12.0 Å². The van der Waals surface area contributed by atoms with E-state index in [2.05, 4.69) is 10.1 Å². The Labute approximate surface area is 123 Å². The predicted molar refractivity (Wildman–Crippen MR) is 76.1 cm³/mol. The van der Waals surface area contributed by atoms with Crippen LogP contribution in [0.2, 0.25) is 0 Å². The van der Waals surface area contributed by atoms with E-state index in [1.165, 1.54) is 6.07 Å². The van der Waals surface area contributed by atoms with E-state index in [0.717, 1.165) is 25.7 Å². The van der Waals surface area contributed by atoms with Crippen LogP contribution in [0.1, 0.15) is 37.5 Å². The lowest BCUT2D eigenvalue weighted by Crippen LogP contribution is -2.26. The maximum atomic E-state index is 13.6. The van der Waals surface area contributed by atoms with Crippen molar-refractivity contribution in [2.75, 3.05) is 0 Å². The minimum atomic E-state index is -0.338. The molecule has 0 radical (unpaired) electrons. The van der Waals surface area contributed by atoms with Crippen LogP contribution < -0.4 is 5.73 Å². The van der Waals surface area contributed by atoms with Crippen molar-refractivity contribution >= 4 is 12.4 Å². The monoisotopic (exact) mass is 297 g/mol. The number of nitrogens with zero attached hydrogens (tertiary/aromatic N) is 2. The van der Waals surface area contributed by atoms with Crippen molar-refractivity contribution in [3.8, 4) is 11.4 Å².